The predicted molar refractivity (Wildman–Crippen MR) is 90.0 cm³/mol. The van der Waals surface area contributed by atoms with Crippen molar-refractivity contribution in [3.63, 3.8) is 0 Å². The third-order valence-electron chi connectivity index (χ3n) is 3.22. The maximum atomic E-state index is 12.1. The highest BCUT2D eigenvalue weighted by molar-refractivity contribution is 5.95. The van der Waals surface area contributed by atoms with Gasteiger partial charge in [-0.25, -0.2) is 9.59 Å². The molecule has 0 aliphatic carbocycles. The highest BCUT2D eigenvalue weighted by Gasteiger charge is 2.18. The zero-order chi connectivity index (χ0) is 17.5. The SMILES string of the molecule is CCCOc1cc(OCCC)c2cc(C(=O)OCC)c(=O)oc2c1. The molecule has 0 saturated heterocycles. The molecule has 24 heavy (non-hydrogen) atoms. The molecule has 0 radical (unpaired) electrons. The maximum absolute atomic E-state index is 12.1. The Hall–Kier alpha value is -2.50. The number of esters is 1. The van der Waals surface area contributed by atoms with E-state index in [1.807, 2.05) is 13.8 Å². The van der Waals surface area contributed by atoms with Gasteiger partial charge in [-0.05, 0) is 25.8 Å². The number of hydrogen-bond donors (Lipinski definition) is 0. The first kappa shape index (κ1) is 17.8. The van der Waals surface area contributed by atoms with Gasteiger partial charge in [-0.2, -0.15) is 0 Å². The first-order valence-electron chi connectivity index (χ1n) is 8.15. The van der Waals surface area contributed by atoms with Crippen LogP contribution in [0.4, 0.5) is 0 Å². The molecule has 0 atom stereocenters. The molecule has 0 saturated carbocycles. The van der Waals surface area contributed by atoms with Gasteiger partial charge >= 0.3 is 11.6 Å². The standard InChI is InChI=1S/C18H22O6/c1-4-7-22-12-9-15(23-8-5-2)13-11-14(17(19)21-6-3)18(20)24-16(13)10-12/h9-11H,4-8H2,1-3H3. The molecule has 0 amide bonds. The Kier molecular flexibility index (Phi) is 6.23. The molecule has 130 valence electrons. The Bertz CT molecular complexity index is 762. The fraction of sp³-hybridized carbons (Fsp3) is 0.444. The molecule has 2 aromatic rings. The molecule has 1 heterocycles. The Morgan fingerprint density at radius 3 is 2.42 bits per heavy atom. The number of carbonyl (C=O) groups is 1. The van der Waals surface area contributed by atoms with Gasteiger partial charge < -0.3 is 18.6 Å². The summed E-state index contributed by atoms with van der Waals surface area (Å²) in [4.78, 5) is 23.9. The van der Waals surface area contributed by atoms with Gasteiger partial charge in [-0.3, -0.25) is 0 Å². The van der Waals surface area contributed by atoms with Crippen LogP contribution in [0.3, 0.4) is 0 Å². The molecule has 0 spiro atoms. The van der Waals surface area contributed by atoms with Crippen LogP contribution in [-0.4, -0.2) is 25.8 Å². The van der Waals surface area contributed by atoms with Crippen molar-refractivity contribution in [2.75, 3.05) is 19.8 Å². The molecule has 0 fully saturated rings. The molecular weight excluding hydrogens is 312 g/mol. The average Bonchev–Trinajstić information content (AvgIpc) is 2.57. The van der Waals surface area contributed by atoms with Gasteiger partial charge in [-0.15, -0.1) is 0 Å². The lowest BCUT2D eigenvalue weighted by molar-refractivity contribution is 0.0522. The number of benzene rings is 1. The molecule has 1 aromatic heterocycles. The van der Waals surface area contributed by atoms with Crippen LogP contribution in [0.15, 0.2) is 27.4 Å². The van der Waals surface area contributed by atoms with Crippen LogP contribution in [0, 0.1) is 0 Å². The van der Waals surface area contributed by atoms with Gasteiger partial charge in [0.1, 0.15) is 22.6 Å². The lowest BCUT2D eigenvalue weighted by Gasteiger charge is -2.12. The summed E-state index contributed by atoms with van der Waals surface area (Å²) >= 11 is 0. The fourth-order valence-electron chi connectivity index (χ4n) is 2.15. The minimum atomic E-state index is -0.741. The molecule has 1 aromatic carbocycles. The maximum Gasteiger partial charge on any atom is 0.351 e. The van der Waals surface area contributed by atoms with Crippen molar-refractivity contribution in [3.05, 3.63) is 34.2 Å². The second-order valence-corrected chi connectivity index (χ2v) is 5.20. The van der Waals surface area contributed by atoms with E-state index < -0.39 is 11.6 Å². The average molecular weight is 334 g/mol. The zero-order valence-corrected chi connectivity index (χ0v) is 14.2. The van der Waals surface area contributed by atoms with E-state index in [4.69, 9.17) is 18.6 Å². The van der Waals surface area contributed by atoms with Gasteiger partial charge in [-0.1, -0.05) is 13.8 Å². The molecule has 0 bridgehead atoms. The second-order valence-electron chi connectivity index (χ2n) is 5.20. The highest BCUT2D eigenvalue weighted by atomic mass is 16.5. The van der Waals surface area contributed by atoms with Crippen molar-refractivity contribution < 1.29 is 23.4 Å². The van der Waals surface area contributed by atoms with Crippen LogP contribution >= 0.6 is 0 Å². The van der Waals surface area contributed by atoms with Gasteiger partial charge in [0.05, 0.1) is 25.2 Å². The van der Waals surface area contributed by atoms with E-state index in [2.05, 4.69) is 0 Å². The van der Waals surface area contributed by atoms with E-state index in [1.165, 1.54) is 6.07 Å². The zero-order valence-electron chi connectivity index (χ0n) is 14.2. The quantitative estimate of drug-likeness (QED) is 0.543. The summed E-state index contributed by atoms with van der Waals surface area (Å²) in [6, 6.07) is 4.82. The van der Waals surface area contributed by atoms with E-state index in [1.54, 1.807) is 19.1 Å². The van der Waals surface area contributed by atoms with Gasteiger partial charge in [0, 0.05) is 12.1 Å². The summed E-state index contributed by atoms with van der Waals surface area (Å²) < 4.78 is 21.5. The minimum Gasteiger partial charge on any atom is -0.493 e. The van der Waals surface area contributed by atoms with Crippen LogP contribution in [0.2, 0.25) is 0 Å². The van der Waals surface area contributed by atoms with Crippen molar-refractivity contribution in [3.8, 4) is 11.5 Å². The molecule has 0 unspecified atom stereocenters. The van der Waals surface area contributed by atoms with Gasteiger partial charge in [0.15, 0.2) is 0 Å². The van der Waals surface area contributed by atoms with Gasteiger partial charge in [0.25, 0.3) is 0 Å². The predicted octanol–water partition coefficient (Wildman–Crippen LogP) is 3.55. The Morgan fingerprint density at radius 2 is 1.75 bits per heavy atom. The number of hydrogen-bond acceptors (Lipinski definition) is 6. The minimum absolute atomic E-state index is 0.145. The molecule has 0 aliphatic rings. The van der Waals surface area contributed by atoms with Crippen molar-refractivity contribution in [2.45, 2.75) is 33.6 Å². The van der Waals surface area contributed by atoms with Crippen LogP contribution in [0.25, 0.3) is 11.0 Å². The van der Waals surface area contributed by atoms with Crippen LogP contribution in [0.5, 0.6) is 11.5 Å². The summed E-state index contributed by atoms with van der Waals surface area (Å²) in [5.74, 6) is 0.359. The fourth-order valence-corrected chi connectivity index (χ4v) is 2.15. The molecule has 2 rings (SSSR count). The van der Waals surface area contributed by atoms with E-state index in [0.717, 1.165) is 12.8 Å². The van der Waals surface area contributed by atoms with E-state index >= 15 is 0 Å². The van der Waals surface area contributed by atoms with Crippen molar-refractivity contribution in [2.24, 2.45) is 0 Å². The largest absolute Gasteiger partial charge is 0.493 e. The number of carbonyl (C=O) groups excluding carboxylic acids is 1. The summed E-state index contributed by atoms with van der Waals surface area (Å²) in [7, 11) is 0. The monoisotopic (exact) mass is 334 g/mol. The number of rotatable bonds is 8. The van der Waals surface area contributed by atoms with E-state index in [0.29, 0.717) is 35.7 Å². The van der Waals surface area contributed by atoms with Crippen LogP contribution < -0.4 is 15.1 Å². The Morgan fingerprint density at radius 1 is 1.04 bits per heavy atom. The molecule has 0 aliphatic heterocycles. The van der Waals surface area contributed by atoms with E-state index in [9.17, 15) is 9.59 Å². The number of ether oxygens (including phenoxy) is 3. The van der Waals surface area contributed by atoms with E-state index in [-0.39, 0.29) is 12.2 Å². The van der Waals surface area contributed by atoms with Crippen molar-refractivity contribution in [1.29, 1.82) is 0 Å². The van der Waals surface area contributed by atoms with Crippen LogP contribution in [-0.2, 0) is 4.74 Å². The normalized spacial score (nSPS) is 10.6. The summed E-state index contributed by atoms with van der Waals surface area (Å²) in [6.07, 6.45) is 1.68. The Balaban J connectivity index is 2.55. The third-order valence-corrected chi connectivity index (χ3v) is 3.22. The molecular formula is C18H22O6. The first-order chi connectivity index (χ1) is 11.6. The lowest BCUT2D eigenvalue weighted by Crippen LogP contribution is -2.16. The molecule has 6 nitrogen and oxygen atoms in total. The summed E-state index contributed by atoms with van der Waals surface area (Å²) in [5.41, 5.74) is -0.573. The first-order valence-corrected chi connectivity index (χ1v) is 8.15. The topological polar surface area (TPSA) is 75.0 Å². The second kappa shape index (κ2) is 8.38. The van der Waals surface area contributed by atoms with Crippen LogP contribution in [0.1, 0.15) is 44.0 Å². The summed E-state index contributed by atoms with van der Waals surface area (Å²) in [6.45, 7) is 6.89. The highest BCUT2D eigenvalue weighted by Crippen LogP contribution is 2.31. The van der Waals surface area contributed by atoms with Gasteiger partial charge in [0.2, 0.25) is 0 Å². The number of fused-ring (bicyclic) bond motifs is 1. The Labute approximate surface area is 140 Å². The lowest BCUT2D eigenvalue weighted by atomic mass is 10.1. The molecule has 6 heteroatoms. The third kappa shape index (κ3) is 4.07. The van der Waals surface area contributed by atoms with Crippen molar-refractivity contribution >= 4 is 16.9 Å². The molecule has 0 N–H and O–H groups in total. The summed E-state index contributed by atoms with van der Waals surface area (Å²) in [5, 5.41) is 0.537. The van der Waals surface area contributed by atoms with Crippen molar-refractivity contribution in [1.82, 2.24) is 0 Å². The smallest absolute Gasteiger partial charge is 0.351 e.